The summed E-state index contributed by atoms with van der Waals surface area (Å²) < 4.78 is 10.7. The number of amides is 1. The number of hydrogen-bond acceptors (Lipinski definition) is 3. The monoisotopic (exact) mass is 277 g/mol. The fraction of sp³-hybridized carbons (Fsp3) is 0.562. The van der Waals surface area contributed by atoms with E-state index in [2.05, 4.69) is 5.32 Å². The van der Waals surface area contributed by atoms with Gasteiger partial charge in [0.2, 0.25) is 0 Å². The minimum Gasteiger partial charge on any atom is -0.493 e. The quantitative estimate of drug-likeness (QED) is 0.899. The molecule has 20 heavy (non-hydrogen) atoms. The van der Waals surface area contributed by atoms with Crippen LogP contribution < -0.4 is 14.8 Å². The minimum absolute atomic E-state index is 0.0273. The van der Waals surface area contributed by atoms with Crippen LogP contribution >= 0.6 is 0 Å². The molecule has 0 atom stereocenters. The number of hydrogen-bond donors (Lipinski definition) is 1. The molecule has 0 aliphatic heterocycles. The first kappa shape index (κ1) is 14.7. The van der Waals surface area contributed by atoms with Crippen molar-refractivity contribution in [2.75, 3.05) is 13.7 Å². The zero-order chi connectivity index (χ0) is 14.4. The summed E-state index contributed by atoms with van der Waals surface area (Å²) in [6.45, 7) is 2.46. The van der Waals surface area contributed by atoms with Crippen LogP contribution in [0.15, 0.2) is 18.2 Å². The highest BCUT2D eigenvalue weighted by molar-refractivity contribution is 5.95. The standard InChI is InChI=1S/C16H23NO3/c1-3-20-15-11-12(9-10-14(15)19-2)16(18)17-13-7-5-4-6-8-13/h9-11,13H,3-8H2,1-2H3,(H,17,18). The van der Waals surface area contributed by atoms with Crippen LogP contribution in [0.1, 0.15) is 49.4 Å². The maximum atomic E-state index is 12.3. The lowest BCUT2D eigenvalue weighted by molar-refractivity contribution is 0.0927. The molecule has 0 heterocycles. The van der Waals surface area contributed by atoms with Crippen LogP contribution in [-0.4, -0.2) is 25.7 Å². The molecule has 110 valence electrons. The molecule has 1 aromatic carbocycles. The molecule has 1 N–H and O–H groups in total. The van der Waals surface area contributed by atoms with Crippen molar-refractivity contribution in [3.63, 3.8) is 0 Å². The number of nitrogens with one attached hydrogen (secondary N) is 1. The second-order valence-corrected chi connectivity index (χ2v) is 5.11. The van der Waals surface area contributed by atoms with Gasteiger partial charge in [0, 0.05) is 11.6 Å². The van der Waals surface area contributed by atoms with E-state index in [1.807, 2.05) is 6.92 Å². The van der Waals surface area contributed by atoms with E-state index in [0.717, 1.165) is 12.8 Å². The number of benzene rings is 1. The average Bonchev–Trinajstić information content (AvgIpc) is 2.48. The second kappa shape index (κ2) is 7.17. The minimum atomic E-state index is -0.0273. The Morgan fingerprint density at radius 2 is 2.00 bits per heavy atom. The summed E-state index contributed by atoms with van der Waals surface area (Å²) in [6.07, 6.45) is 5.86. The number of carbonyl (C=O) groups is 1. The molecule has 0 saturated heterocycles. The molecule has 0 bridgehead atoms. The van der Waals surface area contributed by atoms with Gasteiger partial charge in [-0.25, -0.2) is 0 Å². The molecular weight excluding hydrogens is 254 g/mol. The highest BCUT2D eigenvalue weighted by Gasteiger charge is 2.17. The van der Waals surface area contributed by atoms with Gasteiger partial charge in [-0.1, -0.05) is 19.3 Å². The van der Waals surface area contributed by atoms with Gasteiger partial charge in [0.05, 0.1) is 13.7 Å². The molecular formula is C16H23NO3. The summed E-state index contributed by atoms with van der Waals surface area (Å²) in [6, 6.07) is 5.62. The Bertz CT molecular complexity index is 453. The van der Waals surface area contributed by atoms with E-state index in [1.165, 1.54) is 19.3 Å². The number of carbonyl (C=O) groups excluding carboxylic acids is 1. The van der Waals surface area contributed by atoms with Gasteiger partial charge in [-0.15, -0.1) is 0 Å². The summed E-state index contributed by atoms with van der Waals surface area (Å²) in [5, 5.41) is 3.11. The smallest absolute Gasteiger partial charge is 0.251 e. The third-order valence-electron chi connectivity index (χ3n) is 3.67. The van der Waals surface area contributed by atoms with Crippen LogP contribution in [0.3, 0.4) is 0 Å². The Labute approximate surface area is 120 Å². The average molecular weight is 277 g/mol. The normalized spacial score (nSPS) is 15.7. The Morgan fingerprint density at radius 1 is 1.25 bits per heavy atom. The molecule has 1 aliphatic rings. The summed E-state index contributed by atoms with van der Waals surface area (Å²) in [4.78, 5) is 12.3. The van der Waals surface area contributed by atoms with Crippen molar-refractivity contribution in [3.05, 3.63) is 23.8 Å². The zero-order valence-corrected chi connectivity index (χ0v) is 12.3. The fourth-order valence-electron chi connectivity index (χ4n) is 2.60. The number of rotatable bonds is 5. The van der Waals surface area contributed by atoms with Gasteiger partial charge in [-0.05, 0) is 38.0 Å². The topological polar surface area (TPSA) is 47.6 Å². The molecule has 1 fully saturated rings. The van der Waals surface area contributed by atoms with Gasteiger partial charge in [-0.2, -0.15) is 0 Å². The largest absolute Gasteiger partial charge is 0.493 e. The lowest BCUT2D eigenvalue weighted by Crippen LogP contribution is -2.36. The lowest BCUT2D eigenvalue weighted by atomic mass is 9.95. The lowest BCUT2D eigenvalue weighted by Gasteiger charge is -2.23. The maximum absolute atomic E-state index is 12.3. The molecule has 1 aromatic rings. The van der Waals surface area contributed by atoms with Crippen LogP contribution in [0.5, 0.6) is 11.5 Å². The van der Waals surface area contributed by atoms with E-state index < -0.39 is 0 Å². The Hall–Kier alpha value is -1.71. The van der Waals surface area contributed by atoms with E-state index in [0.29, 0.717) is 29.7 Å². The number of ether oxygens (including phenoxy) is 2. The molecule has 4 heteroatoms. The van der Waals surface area contributed by atoms with Crippen molar-refractivity contribution in [2.45, 2.75) is 45.1 Å². The van der Waals surface area contributed by atoms with Crippen molar-refractivity contribution >= 4 is 5.91 Å². The van der Waals surface area contributed by atoms with E-state index in [4.69, 9.17) is 9.47 Å². The molecule has 0 spiro atoms. The van der Waals surface area contributed by atoms with Crippen LogP contribution in [-0.2, 0) is 0 Å². The predicted octanol–water partition coefficient (Wildman–Crippen LogP) is 3.16. The van der Waals surface area contributed by atoms with E-state index >= 15 is 0 Å². The first-order chi connectivity index (χ1) is 9.74. The molecule has 0 radical (unpaired) electrons. The zero-order valence-electron chi connectivity index (χ0n) is 12.3. The number of methoxy groups -OCH3 is 1. The molecule has 2 rings (SSSR count). The van der Waals surface area contributed by atoms with Gasteiger partial charge in [0.15, 0.2) is 11.5 Å². The van der Waals surface area contributed by atoms with E-state index in [1.54, 1.807) is 25.3 Å². The van der Waals surface area contributed by atoms with E-state index in [-0.39, 0.29) is 5.91 Å². The summed E-state index contributed by atoms with van der Waals surface area (Å²) in [5.41, 5.74) is 0.625. The van der Waals surface area contributed by atoms with Crippen LogP contribution in [0.25, 0.3) is 0 Å². The summed E-state index contributed by atoms with van der Waals surface area (Å²) in [5.74, 6) is 1.24. The van der Waals surface area contributed by atoms with Crippen LogP contribution in [0, 0.1) is 0 Å². The van der Waals surface area contributed by atoms with Crippen molar-refractivity contribution in [2.24, 2.45) is 0 Å². The third kappa shape index (κ3) is 3.65. The molecule has 1 saturated carbocycles. The van der Waals surface area contributed by atoms with Gasteiger partial charge >= 0.3 is 0 Å². The fourth-order valence-corrected chi connectivity index (χ4v) is 2.60. The second-order valence-electron chi connectivity index (χ2n) is 5.11. The molecule has 1 amide bonds. The molecule has 4 nitrogen and oxygen atoms in total. The van der Waals surface area contributed by atoms with Crippen LogP contribution in [0.2, 0.25) is 0 Å². The third-order valence-corrected chi connectivity index (χ3v) is 3.67. The Morgan fingerprint density at radius 3 is 2.65 bits per heavy atom. The Kier molecular flexibility index (Phi) is 5.27. The van der Waals surface area contributed by atoms with Gasteiger partial charge in [0.1, 0.15) is 0 Å². The van der Waals surface area contributed by atoms with Gasteiger partial charge in [-0.3, -0.25) is 4.79 Å². The molecule has 1 aliphatic carbocycles. The predicted molar refractivity (Wildman–Crippen MR) is 78.5 cm³/mol. The summed E-state index contributed by atoms with van der Waals surface area (Å²) in [7, 11) is 1.60. The molecule has 0 aromatic heterocycles. The van der Waals surface area contributed by atoms with Gasteiger partial charge in [0.25, 0.3) is 5.91 Å². The summed E-state index contributed by atoms with van der Waals surface area (Å²) >= 11 is 0. The van der Waals surface area contributed by atoms with Crippen molar-refractivity contribution in [1.82, 2.24) is 5.32 Å². The molecule has 0 unspecified atom stereocenters. The maximum Gasteiger partial charge on any atom is 0.251 e. The highest BCUT2D eigenvalue weighted by Crippen LogP contribution is 2.28. The SMILES string of the molecule is CCOc1cc(C(=O)NC2CCCCC2)ccc1OC. The van der Waals surface area contributed by atoms with Crippen molar-refractivity contribution < 1.29 is 14.3 Å². The van der Waals surface area contributed by atoms with Crippen molar-refractivity contribution in [1.29, 1.82) is 0 Å². The van der Waals surface area contributed by atoms with Gasteiger partial charge < -0.3 is 14.8 Å². The highest BCUT2D eigenvalue weighted by atomic mass is 16.5. The first-order valence-electron chi connectivity index (χ1n) is 7.36. The van der Waals surface area contributed by atoms with E-state index in [9.17, 15) is 4.79 Å². The van der Waals surface area contributed by atoms with Crippen LogP contribution in [0.4, 0.5) is 0 Å². The first-order valence-corrected chi connectivity index (χ1v) is 7.36. The Balaban J connectivity index is 2.06. The van der Waals surface area contributed by atoms with Crippen molar-refractivity contribution in [3.8, 4) is 11.5 Å².